The molecule has 10 heteroatoms. The molecular formula is C20H22N4O4S2. The minimum atomic E-state index is -0.468. The maximum atomic E-state index is 13.3. The van der Waals surface area contributed by atoms with E-state index in [1.165, 1.54) is 23.5 Å². The molecule has 1 aromatic carbocycles. The van der Waals surface area contributed by atoms with Crippen LogP contribution in [0.2, 0.25) is 0 Å². The number of carbonyl (C=O) groups excluding carboxylic acids is 1. The van der Waals surface area contributed by atoms with Crippen LogP contribution >= 0.6 is 22.7 Å². The van der Waals surface area contributed by atoms with Gasteiger partial charge in [-0.3, -0.25) is 24.7 Å². The summed E-state index contributed by atoms with van der Waals surface area (Å²) in [5.74, 6) is -0.254. The normalized spacial score (nSPS) is 14.9. The third-order valence-corrected chi connectivity index (χ3v) is 7.37. The average molecular weight is 447 g/mol. The van der Waals surface area contributed by atoms with Crippen LogP contribution in [-0.4, -0.2) is 60.1 Å². The second-order valence-electron chi connectivity index (χ2n) is 7.18. The van der Waals surface area contributed by atoms with E-state index in [-0.39, 0.29) is 10.9 Å². The van der Waals surface area contributed by atoms with Gasteiger partial charge in [0, 0.05) is 32.2 Å². The molecule has 1 aliphatic heterocycles. The topological polar surface area (TPSA) is 88.8 Å². The average Bonchev–Trinajstić information content (AvgIpc) is 3.40. The van der Waals surface area contributed by atoms with E-state index in [0.717, 1.165) is 45.8 Å². The zero-order valence-corrected chi connectivity index (χ0v) is 18.4. The number of nitrogens with zero attached hydrogens (tertiary/aromatic N) is 4. The van der Waals surface area contributed by atoms with E-state index in [1.807, 2.05) is 19.9 Å². The minimum Gasteiger partial charge on any atom is -0.379 e. The van der Waals surface area contributed by atoms with Gasteiger partial charge in [-0.05, 0) is 31.0 Å². The van der Waals surface area contributed by atoms with Crippen molar-refractivity contribution in [3.63, 3.8) is 0 Å². The number of carbonyl (C=O) groups is 1. The maximum absolute atomic E-state index is 13.3. The number of rotatable bonds is 6. The summed E-state index contributed by atoms with van der Waals surface area (Å²) in [5, 5.41) is 11.6. The number of fused-ring (bicyclic) bond motifs is 1. The van der Waals surface area contributed by atoms with Crippen LogP contribution in [0, 0.1) is 24.0 Å². The van der Waals surface area contributed by atoms with Crippen LogP contribution in [0.5, 0.6) is 0 Å². The van der Waals surface area contributed by atoms with Gasteiger partial charge in [0.25, 0.3) is 5.91 Å². The Bertz CT molecular complexity index is 1050. The molecule has 1 saturated heterocycles. The van der Waals surface area contributed by atoms with Crippen molar-refractivity contribution in [2.24, 2.45) is 0 Å². The van der Waals surface area contributed by atoms with Gasteiger partial charge in [0.15, 0.2) is 5.13 Å². The highest BCUT2D eigenvalue weighted by molar-refractivity contribution is 7.22. The Morgan fingerprint density at radius 2 is 1.93 bits per heavy atom. The van der Waals surface area contributed by atoms with E-state index in [4.69, 9.17) is 9.72 Å². The molecule has 2 aromatic heterocycles. The lowest BCUT2D eigenvalue weighted by atomic mass is 10.1. The summed E-state index contributed by atoms with van der Waals surface area (Å²) in [5.41, 5.74) is 3.08. The summed E-state index contributed by atoms with van der Waals surface area (Å²) in [4.78, 5) is 33.0. The molecule has 3 heterocycles. The molecule has 0 spiro atoms. The van der Waals surface area contributed by atoms with Crippen LogP contribution in [0.1, 0.15) is 20.8 Å². The number of morpholine rings is 1. The second-order valence-corrected chi connectivity index (χ2v) is 9.22. The second kappa shape index (κ2) is 8.76. The van der Waals surface area contributed by atoms with Crippen molar-refractivity contribution >= 4 is 48.9 Å². The minimum absolute atomic E-state index is 0.0394. The van der Waals surface area contributed by atoms with Crippen molar-refractivity contribution < 1.29 is 14.5 Å². The first-order valence-electron chi connectivity index (χ1n) is 9.67. The zero-order chi connectivity index (χ0) is 21.3. The quantitative estimate of drug-likeness (QED) is 0.422. The molecule has 0 atom stereocenters. The number of aromatic nitrogens is 1. The van der Waals surface area contributed by atoms with Gasteiger partial charge in [0.05, 0.1) is 33.2 Å². The molecular weight excluding hydrogens is 424 g/mol. The summed E-state index contributed by atoms with van der Waals surface area (Å²) < 4.78 is 6.47. The summed E-state index contributed by atoms with van der Waals surface area (Å²) in [6.45, 7) is 8.21. The number of hydrogen-bond donors (Lipinski definition) is 0. The fourth-order valence-electron chi connectivity index (χ4n) is 3.39. The Hall–Kier alpha value is -2.40. The van der Waals surface area contributed by atoms with Crippen molar-refractivity contribution in [3.05, 3.63) is 50.4 Å². The van der Waals surface area contributed by atoms with Crippen LogP contribution in [0.25, 0.3) is 10.2 Å². The largest absolute Gasteiger partial charge is 0.379 e. The first kappa shape index (κ1) is 20.9. The number of anilines is 1. The van der Waals surface area contributed by atoms with E-state index in [2.05, 4.69) is 11.0 Å². The monoisotopic (exact) mass is 446 g/mol. The van der Waals surface area contributed by atoms with Gasteiger partial charge in [0.2, 0.25) is 0 Å². The van der Waals surface area contributed by atoms with Crippen molar-refractivity contribution in [1.82, 2.24) is 9.88 Å². The number of thiazole rings is 1. The Balaban J connectivity index is 1.67. The molecule has 8 nitrogen and oxygen atoms in total. The van der Waals surface area contributed by atoms with E-state index < -0.39 is 4.92 Å². The van der Waals surface area contributed by atoms with Crippen molar-refractivity contribution in [1.29, 1.82) is 0 Å². The van der Waals surface area contributed by atoms with Crippen molar-refractivity contribution in [2.75, 3.05) is 44.3 Å². The highest BCUT2D eigenvalue weighted by Crippen LogP contribution is 2.34. The van der Waals surface area contributed by atoms with Crippen LogP contribution in [-0.2, 0) is 4.74 Å². The lowest BCUT2D eigenvalue weighted by Gasteiger charge is -2.29. The molecule has 1 amide bonds. The molecule has 3 aromatic rings. The van der Waals surface area contributed by atoms with Gasteiger partial charge in [-0.15, -0.1) is 0 Å². The molecule has 1 fully saturated rings. The fraction of sp³-hybridized carbons (Fsp3) is 0.400. The lowest BCUT2D eigenvalue weighted by Crippen LogP contribution is -2.43. The molecule has 0 saturated carbocycles. The summed E-state index contributed by atoms with van der Waals surface area (Å²) >= 11 is 2.39. The lowest BCUT2D eigenvalue weighted by molar-refractivity contribution is -0.380. The van der Waals surface area contributed by atoms with Crippen LogP contribution in [0.15, 0.2) is 24.3 Å². The molecule has 0 N–H and O–H groups in total. The van der Waals surface area contributed by atoms with E-state index in [1.54, 1.807) is 4.90 Å². The zero-order valence-electron chi connectivity index (χ0n) is 16.8. The van der Waals surface area contributed by atoms with Gasteiger partial charge in [-0.2, -0.15) is 0 Å². The first-order valence-corrected chi connectivity index (χ1v) is 11.3. The molecule has 0 aliphatic carbocycles. The third kappa shape index (κ3) is 4.22. The van der Waals surface area contributed by atoms with Gasteiger partial charge in [0.1, 0.15) is 0 Å². The first-order chi connectivity index (χ1) is 14.4. The van der Waals surface area contributed by atoms with Crippen LogP contribution in [0.3, 0.4) is 0 Å². The van der Waals surface area contributed by atoms with E-state index >= 15 is 0 Å². The van der Waals surface area contributed by atoms with Gasteiger partial charge >= 0.3 is 5.00 Å². The summed E-state index contributed by atoms with van der Waals surface area (Å²) in [6.07, 6.45) is 0. The molecule has 1 aliphatic rings. The number of amides is 1. The molecule has 158 valence electrons. The van der Waals surface area contributed by atoms with Gasteiger partial charge in [-0.1, -0.05) is 34.8 Å². The highest BCUT2D eigenvalue weighted by atomic mass is 32.1. The third-order valence-electron chi connectivity index (χ3n) is 5.13. The molecule has 0 radical (unpaired) electrons. The van der Waals surface area contributed by atoms with Crippen LogP contribution < -0.4 is 4.90 Å². The van der Waals surface area contributed by atoms with Gasteiger partial charge in [-0.25, -0.2) is 4.98 Å². The standard InChI is InChI=1S/C20H22N4O4S2/c1-13-3-4-14(2)18-17(13)21-20(30-18)23(8-7-22-9-11-28-12-10-22)19(25)15-5-6-16(29-15)24(26)27/h3-6H,7-12H2,1-2H3. The van der Waals surface area contributed by atoms with Crippen LogP contribution in [0.4, 0.5) is 10.1 Å². The van der Waals surface area contributed by atoms with E-state index in [9.17, 15) is 14.9 Å². The number of hydrogen-bond acceptors (Lipinski definition) is 8. The molecule has 0 bridgehead atoms. The number of benzene rings is 1. The van der Waals surface area contributed by atoms with E-state index in [0.29, 0.717) is 36.3 Å². The molecule has 30 heavy (non-hydrogen) atoms. The predicted molar refractivity (Wildman–Crippen MR) is 119 cm³/mol. The Morgan fingerprint density at radius 1 is 1.20 bits per heavy atom. The van der Waals surface area contributed by atoms with Crippen molar-refractivity contribution in [2.45, 2.75) is 13.8 Å². The van der Waals surface area contributed by atoms with Crippen molar-refractivity contribution in [3.8, 4) is 0 Å². The molecule has 4 rings (SSSR count). The molecule has 0 unspecified atom stereocenters. The summed E-state index contributed by atoms with van der Waals surface area (Å²) in [6, 6.07) is 6.99. The number of nitro groups is 1. The number of thiophene rings is 1. The fourth-order valence-corrected chi connectivity index (χ4v) is 5.29. The predicted octanol–water partition coefficient (Wildman–Crippen LogP) is 3.86. The number of aryl methyl sites for hydroxylation is 2. The van der Waals surface area contributed by atoms with Gasteiger partial charge < -0.3 is 4.74 Å². The summed E-state index contributed by atoms with van der Waals surface area (Å²) in [7, 11) is 0. The Kier molecular flexibility index (Phi) is 6.09. The Labute approximate surface area is 181 Å². The maximum Gasteiger partial charge on any atom is 0.324 e. The SMILES string of the molecule is Cc1ccc(C)c2sc(N(CCN3CCOCC3)C(=O)c3ccc([N+](=O)[O-])s3)nc12. The Morgan fingerprint density at radius 3 is 2.60 bits per heavy atom. The smallest absolute Gasteiger partial charge is 0.324 e. The highest BCUT2D eigenvalue weighted by Gasteiger charge is 2.26. The number of ether oxygens (including phenoxy) is 1.